The van der Waals surface area contributed by atoms with E-state index in [1.807, 2.05) is 0 Å². The quantitative estimate of drug-likeness (QED) is 0.689. The molecule has 3 rings (SSSR count). The lowest BCUT2D eigenvalue weighted by atomic mass is 9.49. The van der Waals surface area contributed by atoms with Crippen LogP contribution in [0.1, 0.15) is 65.0 Å². The van der Waals surface area contributed by atoms with Crippen molar-refractivity contribution in [3.8, 4) is 0 Å². The van der Waals surface area contributed by atoms with Gasteiger partial charge in [0.1, 0.15) is 0 Å². The lowest BCUT2D eigenvalue weighted by Crippen LogP contribution is -2.54. The van der Waals surface area contributed by atoms with Crippen LogP contribution in [0.25, 0.3) is 6.08 Å². The molecule has 0 saturated carbocycles. The fourth-order valence-corrected chi connectivity index (χ4v) is 5.18. The number of rotatable bonds is 2. The van der Waals surface area contributed by atoms with Crippen LogP contribution < -0.4 is 0 Å². The van der Waals surface area contributed by atoms with Gasteiger partial charge in [-0.25, -0.2) is 0 Å². The molecular formula is C24H32O. The predicted octanol–water partition coefficient (Wildman–Crippen LogP) is 6.12. The van der Waals surface area contributed by atoms with Crippen molar-refractivity contribution in [2.24, 2.45) is 16.2 Å². The molecule has 1 aromatic rings. The topological polar surface area (TPSA) is 20.2 Å². The van der Waals surface area contributed by atoms with Gasteiger partial charge < -0.3 is 5.11 Å². The van der Waals surface area contributed by atoms with Gasteiger partial charge in [0.05, 0.1) is 6.10 Å². The standard InChI is InChI=1S/C24H32O/c1-22(2,3)24(23(4,5)6)15-9-11-19(21(24)25)16-18-14-13-17-10-7-8-12-20(17)18/h7-15,18,21,25H,16H2,1-6H3. The SMILES string of the molecule is CC(C)(C)C1(C(C)(C)C)C=CC=C(CC2C=Cc3ccccc32)C1O. The lowest BCUT2D eigenvalue weighted by molar-refractivity contribution is -0.0770. The average Bonchev–Trinajstić information content (AvgIpc) is 2.90. The van der Waals surface area contributed by atoms with Crippen LogP contribution in [-0.2, 0) is 0 Å². The number of aliphatic hydroxyl groups is 1. The molecule has 1 nitrogen and oxygen atoms in total. The lowest BCUT2D eigenvalue weighted by Gasteiger charge is -2.56. The molecule has 0 amide bonds. The molecular weight excluding hydrogens is 304 g/mol. The van der Waals surface area contributed by atoms with E-state index in [0.717, 1.165) is 12.0 Å². The minimum atomic E-state index is -0.460. The zero-order valence-electron chi connectivity index (χ0n) is 16.5. The average molecular weight is 337 g/mol. The first-order valence-corrected chi connectivity index (χ1v) is 9.41. The Morgan fingerprint density at radius 1 is 1.00 bits per heavy atom. The summed E-state index contributed by atoms with van der Waals surface area (Å²) in [4.78, 5) is 0. The second kappa shape index (κ2) is 5.99. The molecule has 0 bridgehead atoms. The van der Waals surface area contributed by atoms with Gasteiger partial charge in [-0.1, -0.05) is 96.2 Å². The molecule has 0 saturated heterocycles. The van der Waals surface area contributed by atoms with E-state index in [2.05, 4.69) is 96.2 Å². The second-order valence-electron chi connectivity index (χ2n) is 9.67. The number of hydrogen-bond acceptors (Lipinski definition) is 1. The summed E-state index contributed by atoms with van der Waals surface area (Å²) < 4.78 is 0. The molecule has 2 aliphatic rings. The van der Waals surface area contributed by atoms with Crippen molar-refractivity contribution in [1.29, 1.82) is 0 Å². The molecule has 1 aromatic carbocycles. The molecule has 0 aromatic heterocycles. The predicted molar refractivity (Wildman–Crippen MR) is 107 cm³/mol. The Labute approximate surface area is 153 Å². The van der Waals surface area contributed by atoms with Crippen molar-refractivity contribution in [1.82, 2.24) is 0 Å². The van der Waals surface area contributed by atoms with Crippen LogP contribution in [0.5, 0.6) is 0 Å². The summed E-state index contributed by atoms with van der Waals surface area (Å²) in [5.41, 5.74) is 3.48. The summed E-state index contributed by atoms with van der Waals surface area (Å²) in [7, 11) is 0. The Hall–Kier alpha value is -1.60. The Balaban J connectivity index is 1.94. The molecule has 2 unspecified atom stereocenters. The monoisotopic (exact) mass is 336 g/mol. The van der Waals surface area contributed by atoms with Gasteiger partial charge in [0, 0.05) is 11.3 Å². The van der Waals surface area contributed by atoms with Crippen molar-refractivity contribution in [2.45, 2.75) is 60.0 Å². The van der Waals surface area contributed by atoms with Crippen molar-refractivity contribution < 1.29 is 5.11 Å². The molecule has 0 heterocycles. The second-order valence-corrected chi connectivity index (χ2v) is 9.67. The first-order valence-electron chi connectivity index (χ1n) is 9.41. The highest BCUT2D eigenvalue weighted by molar-refractivity contribution is 5.62. The summed E-state index contributed by atoms with van der Waals surface area (Å²) in [6, 6.07) is 8.59. The zero-order chi connectivity index (χ0) is 18.5. The fourth-order valence-electron chi connectivity index (χ4n) is 5.18. The van der Waals surface area contributed by atoms with Gasteiger partial charge in [0.2, 0.25) is 0 Å². The Kier molecular flexibility index (Phi) is 4.36. The van der Waals surface area contributed by atoms with Crippen LogP contribution in [0.2, 0.25) is 0 Å². The van der Waals surface area contributed by atoms with Gasteiger partial charge in [-0.3, -0.25) is 0 Å². The highest BCUT2D eigenvalue weighted by Gasteiger charge is 2.55. The molecule has 0 spiro atoms. The fraction of sp³-hybridized carbons (Fsp3) is 0.500. The summed E-state index contributed by atoms with van der Waals surface area (Å²) in [5, 5.41) is 11.5. The number of hydrogen-bond donors (Lipinski definition) is 1. The smallest absolute Gasteiger partial charge is 0.0854 e. The van der Waals surface area contributed by atoms with E-state index in [4.69, 9.17) is 0 Å². The van der Waals surface area contributed by atoms with Gasteiger partial charge in [-0.05, 0) is 34.0 Å². The maximum absolute atomic E-state index is 11.5. The molecule has 0 radical (unpaired) electrons. The van der Waals surface area contributed by atoms with Crippen LogP contribution in [0.4, 0.5) is 0 Å². The number of fused-ring (bicyclic) bond motifs is 1. The molecule has 134 valence electrons. The highest BCUT2D eigenvalue weighted by Crippen LogP contribution is 2.58. The maximum Gasteiger partial charge on any atom is 0.0854 e. The largest absolute Gasteiger partial charge is 0.388 e. The van der Waals surface area contributed by atoms with Crippen LogP contribution in [0, 0.1) is 16.2 Å². The molecule has 2 aliphatic carbocycles. The van der Waals surface area contributed by atoms with Crippen molar-refractivity contribution in [3.05, 3.63) is 65.3 Å². The first-order chi connectivity index (χ1) is 11.6. The highest BCUT2D eigenvalue weighted by atomic mass is 16.3. The number of aliphatic hydroxyl groups excluding tert-OH is 1. The summed E-state index contributed by atoms with van der Waals surface area (Å²) in [5.74, 6) is 0.362. The Bertz CT molecular complexity index is 720. The van der Waals surface area contributed by atoms with E-state index in [1.54, 1.807) is 0 Å². The van der Waals surface area contributed by atoms with E-state index < -0.39 is 6.10 Å². The first kappa shape index (κ1) is 18.2. The Morgan fingerprint density at radius 3 is 2.28 bits per heavy atom. The van der Waals surface area contributed by atoms with Crippen molar-refractivity contribution in [3.63, 3.8) is 0 Å². The van der Waals surface area contributed by atoms with E-state index in [0.29, 0.717) is 5.92 Å². The molecule has 1 heteroatoms. The van der Waals surface area contributed by atoms with E-state index in [1.165, 1.54) is 11.1 Å². The molecule has 0 fully saturated rings. The minimum Gasteiger partial charge on any atom is -0.388 e. The summed E-state index contributed by atoms with van der Waals surface area (Å²) >= 11 is 0. The van der Waals surface area contributed by atoms with Crippen LogP contribution >= 0.6 is 0 Å². The summed E-state index contributed by atoms with van der Waals surface area (Å²) in [6.45, 7) is 13.5. The van der Waals surface area contributed by atoms with Crippen LogP contribution in [-0.4, -0.2) is 11.2 Å². The van der Waals surface area contributed by atoms with Crippen molar-refractivity contribution in [2.75, 3.05) is 0 Å². The number of allylic oxidation sites excluding steroid dienone is 3. The van der Waals surface area contributed by atoms with Gasteiger partial charge >= 0.3 is 0 Å². The maximum atomic E-state index is 11.5. The van der Waals surface area contributed by atoms with Gasteiger partial charge in [0.25, 0.3) is 0 Å². The van der Waals surface area contributed by atoms with E-state index in [9.17, 15) is 5.11 Å². The molecule has 25 heavy (non-hydrogen) atoms. The normalized spacial score (nSPS) is 25.0. The molecule has 2 atom stereocenters. The van der Waals surface area contributed by atoms with Crippen LogP contribution in [0.15, 0.2) is 54.1 Å². The number of benzene rings is 1. The third-order valence-corrected chi connectivity index (χ3v) is 6.29. The Morgan fingerprint density at radius 2 is 1.64 bits per heavy atom. The van der Waals surface area contributed by atoms with Crippen LogP contribution in [0.3, 0.4) is 0 Å². The van der Waals surface area contributed by atoms with Crippen molar-refractivity contribution >= 4 is 6.08 Å². The molecule has 1 N–H and O–H groups in total. The zero-order valence-corrected chi connectivity index (χ0v) is 16.5. The van der Waals surface area contributed by atoms with Gasteiger partial charge in [0.15, 0.2) is 0 Å². The molecule has 0 aliphatic heterocycles. The minimum absolute atomic E-state index is 0.0376. The summed E-state index contributed by atoms with van der Waals surface area (Å²) in [6.07, 6.45) is 11.5. The van der Waals surface area contributed by atoms with Gasteiger partial charge in [-0.15, -0.1) is 0 Å². The van der Waals surface area contributed by atoms with Gasteiger partial charge in [-0.2, -0.15) is 0 Å². The van der Waals surface area contributed by atoms with E-state index >= 15 is 0 Å². The van der Waals surface area contributed by atoms with E-state index in [-0.39, 0.29) is 16.2 Å². The third kappa shape index (κ3) is 2.83. The third-order valence-electron chi connectivity index (χ3n) is 6.29.